The zero-order valence-corrected chi connectivity index (χ0v) is 10.4. The number of hydrogen-bond donors (Lipinski definition) is 2. The minimum Gasteiger partial charge on any atom is -0.508 e. The molecular formula is C12H12O5S. The Balaban J connectivity index is 2.53. The number of carboxylic acid groups (broad SMARTS) is 1. The maximum Gasteiger partial charge on any atom is 0.303 e. The molecule has 1 atom stereocenters. The number of phenolic OH excluding ortho intramolecular Hbond substituents is 1. The summed E-state index contributed by atoms with van der Waals surface area (Å²) < 4.78 is 23.7. The van der Waals surface area contributed by atoms with Gasteiger partial charge in [0.05, 0.1) is 11.3 Å². The second-order valence-corrected chi connectivity index (χ2v) is 6.06. The summed E-state index contributed by atoms with van der Waals surface area (Å²) in [6.07, 6.45) is -0.156. The van der Waals surface area contributed by atoms with Crippen LogP contribution in [0, 0.1) is 5.92 Å². The van der Waals surface area contributed by atoms with Crippen LogP contribution in [0.15, 0.2) is 28.5 Å². The molecule has 0 amide bonds. The minimum atomic E-state index is -3.52. The molecule has 96 valence electrons. The number of allylic oxidation sites excluding steroid dienone is 1. The third kappa shape index (κ3) is 2.11. The van der Waals surface area contributed by atoms with Gasteiger partial charge in [-0.2, -0.15) is 0 Å². The fourth-order valence-corrected chi connectivity index (χ4v) is 3.60. The van der Waals surface area contributed by atoms with Crippen LogP contribution in [0.5, 0.6) is 5.75 Å². The lowest BCUT2D eigenvalue weighted by atomic mass is 9.93. The molecule has 1 aromatic rings. The van der Waals surface area contributed by atoms with Crippen molar-refractivity contribution < 1.29 is 23.4 Å². The first-order valence-corrected chi connectivity index (χ1v) is 6.88. The van der Waals surface area contributed by atoms with Crippen LogP contribution >= 0.6 is 0 Å². The monoisotopic (exact) mass is 268 g/mol. The lowest BCUT2D eigenvalue weighted by molar-refractivity contribution is -0.137. The molecule has 2 N–H and O–H groups in total. The normalized spacial score (nSPS) is 17.9. The first kappa shape index (κ1) is 12.6. The Morgan fingerprint density at radius 1 is 1.39 bits per heavy atom. The molecule has 1 unspecified atom stereocenters. The fourth-order valence-electron chi connectivity index (χ4n) is 2.04. The van der Waals surface area contributed by atoms with E-state index in [1.54, 1.807) is 6.92 Å². The van der Waals surface area contributed by atoms with E-state index < -0.39 is 21.7 Å². The number of aliphatic carboxylic acids is 1. The Hall–Kier alpha value is -1.82. The lowest BCUT2D eigenvalue weighted by Gasteiger charge is -2.11. The minimum absolute atomic E-state index is 0.0423. The van der Waals surface area contributed by atoms with Crippen molar-refractivity contribution in [3.8, 4) is 5.75 Å². The number of sulfone groups is 1. The molecule has 1 aliphatic rings. The Labute approximate surface area is 104 Å². The van der Waals surface area contributed by atoms with Gasteiger partial charge in [0, 0.05) is 11.0 Å². The molecule has 2 rings (SSSR count). The van der Waals surface area contributed by atoms with Gasteiger partial charge in [0.1, 0.15) is 5.75 Å². The van der Waals surface area contributed by atoms with E-state index in [1.807, 2.05) is 0 Å². The molecule has 1 aliphatic heterocycles. The van der Waals surface area contributed by atoms with E-state index >= 15 is 0 Å². The van der Waals surface area contributed by atoms with Gasteiger partial charge in [-0.3, -0.25) is 4.79 Å². The molecule has 0 aliphatic carbocycles. The van der Waals surface area contributed by atoms with E-state index in [4.69, 9.17) is 5.11 Å². The van der Waals surface area contributed by atoms with Gasteiger partial charge in [-0.15, -0.1) is 0 Å². The maximum atomic E-state index is 11.9. The van der Waals surface area contributed by atoms with E-state index in [0.717, 1.165) is 5.41 Å². The van der Waals surface area contributed by atoms with Crippen LogP contribution in [0.1, 0.15) is 18.9 Å². The van der Waals surface area contributed by atoms with E-state index in [9.17, 15) is 18.3 Å². The van der Waals surface area contributed by atoms with Crippen molar-refractivity contribution >= 4 is 21.4 Å². The molecule has 0 saturated carbocycles. The Morgan fingerprint density at radius 3 is 2.67 bits per heavy atom. The topological polar surface area (TPSA) is 91.7 Å². The molecule has 0 saturated heterocycles. The number of aromatic hydroxyl groups is 1. The van der Waals surface area contributed by atoms with Crippen molar-refractivity contribution in [2.45, 2.75) is 18.2 Å². The number of fused-ring (bicyclic) bond motifs is 1. The summed E-state index contributed by atoms with van der Waals surface area (Å²) in [6, 6.07) is 3.98. The van der Waals surface area contributed by atoms with Crippen LogP contribution in [-0.2, 0) is 14.6 Å². The Morgan fingerprint density at radius 2 is 2.06 bits per heavy atom. The average molecular weight is 268 g/mol. The van der Waals surface area contributed by atoms with Crippen LogP contribution in [0.3, 0.4) is 0 Å². The molecule has 0 radical (unpaired) electrons. The van der Waals surface area contributed by atoms with Gasteiger partial charge in [-0.05, 0) is 29.7 Å². The van der Waals surface area contributed by atoms with Gasteiger partial charge in [0.25, 0.3) is 0 Å². The van der Waals surface area contributed by atoms with Crippen molar-refractivity contribution in [2.24, 2.45) is 5.92 Å². The van der Waals surface area contributed by atoms with Crippen molar-refractivity contribution in [2.75, 3.05) is 0 Å². The highest BCUT2D eigenvalue weighted by Gasteiger charge is 2.30. The van der Waals surface area contributed by atoms with Crippen LogP contribution < -0.4 is 0 Å². The summed E-state index contributed by atoms with van der Waals surface area (Å²) in [5.74, 6) is -1.46. The van der Waals surface area contributed by atoms with E-state index in [0.29, 0.717) is 11.1 Å². The van der Waals surface area contributed by atoms with Gasteiger partial charge in [-0.25, -0.2) is 8.42 Å². The molecule has 5 nitrogen and oxygen atoms in total. The summed E-state index contributed by atoms with van der Waals surface area (Å²) in [6.45, 7) is 1.65. The standard InChI is InChI=1S/C12H12O5S/c1-7(4-12(14)15)10-6-18(16,17)11-3-2-8(13)5-9(10)11/h2-3,5-7,13H,4H2,1H3,(H,14,15). The highest BCUT2D eigenvalue weighted by atomic mass is 32.2. The average Bonchev–Trinajstić information content (AvgIpc) is 2.49. The molecule has 6 heteroatoms. The van der Waals surface area contributed by atoms with Gasteiger partial charge >= 0.3 is 5.97 Å². The lowest BCUT2D eigenvalue weighted by Crippen LogP contribution is -2.05. The number of carboxylic acids is 1. The number of benzene rings is 1. The largest absolute Gasteiger partial charge is 0.508 e. The van der Waals surface area contributed by atoms with E-state index in [1.165, 1.54) is 18.2 Å². The predicted octanol–water partition coefficient (Wildman–Crippen LogP) is 1.63. The fraction of sp³-hybridized carbons (Fsp3) is 0.250. The number of hydrogen-bond acceptors (Lipinski definition) is 4. The van der Waals surface area contributed by atoms with Crippen molar-refractivity contribution in [3.63, 3.8) is 0 Å². The van der Waals surface area contributed by atoms with Crippen molar-refractivity contribution in [3.05, 3.63) is 29.2 Å². The smallest absolute Gasteiger partial charge is 0.303 e. The number of carbonyl (C=O) groups is 1. The van der Waals surface area contributed by atoms with Crippen LogP contribution in [0.4, 0.5) is 0 Å². The van der Waals surface area contributed by atoms with Gasteiger partial charge in [-0.1, -0.05) is 6.92 Å². The van der Waals surface area contributed by atoms with Gasteiger partial charge < -0.3 is 10.2 Å². The van der Waals surface area contributed by atoms with Gasteiger partial charge in [0.15, 0.2) is 0 Å². The summed E-state index contributed by atoms with van der Waals surface area (Å²) in [7, 11) is -3.52. The Kier molecular flexibility index (Phi) is 2.90. The zero-order valence-electron chi connectivity index (χ0n) is 9.62. The quantitative estimate of drug-likeness (QED) is 0.869. The molecule has 0 spiro atoms. The molecular weight excluding hydrogens is 256 g/mol. The first-order chi connectivity index (χ1) is 8.31. The molecule has 0 fully saturated rings. The molecule has 0 aromatic heterocycles. The summed E-state index contributed by atoms with van der Waals surface area (Å²) in [4.78, 5) is 10.8. The molecule has 1 heterocycles. The van der Waals surface area contributed by atoms with Crippen LogP contribution in [-0.4, -0.2) is 24.6 Å². The number of rotatable bonds is 3. The SMILES string of the molecule is CC(CC(=O)O)C1=CS(=O)(=O)c2ccc(O)cc21. The second kappa shape index (κ2) is 4.13. The van der Waals surface area contributed by atoms with Crippen molar-refractivity contribution in [1.29, 1.82) is 0 Å². The number of phenols is 1. The molecule has 1 aromatic carbocycles. The second-order valence-electron chi connectivity index (χ2n) is 4.30. The summed E-state index contributed by atoms with van der Waals surface area (Å²) >= 11 is 0. The van der Waals surface area contributed by atoms with Gasteiger partial charge in [0.2, 0.25) is 9.84 Å². The first-order valence-electron chi connectivity index (χ1n) is 5.33. The summed E-state index contributed by atoms with van der Waals surface area (Å²) in [5.41, 5.74) is 0.826. The zero-order chi connectivity index (χ0) is 13.5. The predicted molar refractivity (Wildman–Crippen MR) is 64.7 cm³/mol. The van der Waals surface area contributed by atoms with E-state index in [2.05, 4.69) is 0 Å². The maximum absolute atomic E-state index is 11.9. The third-order valence-corrected chi connectivity index (χ3v) is 4.41. The van der Waals surface area contributed by atoms with Crippen LogP contribution in [0.25, 0.3) is 5.57 Å². The van der Waals surface area contributed by atoms with Crippen LogP contribution in [0.2, 0.25) is 0 Å². The third-order valence-electron chi connectivity index (χ3n) is 2.87. The van der Waals surface area contributed by atoms with E-state index in [-0.39, 0.29) is 17.1 Å². The Bertz CT molecular complexity index is 642. The summed E-state index contributed by atoms with van der Waals surface area (Å²) in [5, 5.41) is 19.2. The van der Waals surface area contributed by atoms with Crippen molar-refractivity contribution in [1.82, 2.24) is 0 Å². The molecule has 18 heavy (non-hydrogen) atoms. The highest BCUT2D eigenvalue weighted by molar-refractivity contribution is 7.95. The highest BCUT2D eigenvalue weighted by Crippen LogP contribution is 2.40. The molecule has 0 bridgehead atoms.